The minimum atomic E-state index is -0.0943. The van der Waals surface area contributed by atoms with Crippen LogP contribution in [0.4, 0.5) is 11.6 Å². The quantitative estimate of drug-likeness (QED) is 0.286. The molecule has 1 atom stereocenters. The van der Waals surface area contributed by atoms with Gasteiger partial charge in [-0.25, -0.2) is 4.98 Å². The summed E-state index contributed by atoms with van der Waals surface area (Å²) >= 11 is 7.98. The average molecular weight is 485 g/mol. The second-order valence-electron chi connectivity index (χ2n) is 8.28. The number of rotatable bonds is 5. The Labute approximate surface area is 206 Å². The first-order valence-electron chi connectivity index (χ1n) is 11.1. The first-order chi connectivity index (χ1) is 16.7. The molecule has 0 radical (unpaired) electrons. The molecule has 1 aliphatic rings. The zero-order valence-electron chi connectivity index (χ0n) is 18.2. The number of carbonyl (C=O) groups is 1. The fourth-order valence-corrected chi connectivity index (χ4v) is 5.80. The smallest absolute Gasteiger partial charge is 0.213 e. The highest BCUT2D eigenvalue weighted by Crippen LogP contribution is 2.38. The summed E-state index contributed by atoms with van der Waals surface area (Å²) in [6.07, 6.45) is 1.87. The van der Waals surface area contributed by atoms with Gasteiger partial charge < -0.3 is 10.2 Å². The number of thiophene rings is 1. The van der Waals surface area contributed by atoms with E-state index in [-0.39, 0.29) is 6.04 Å². The Morgan fingerprint density at radius 3 is 2.74 bits per heavy atom. The van der Waals surface area contributed by atoms with Crippen LogP contribution >= 0.6 is 22.9 Å². The van der Waals surface area contributed by atoms with Crippen molar-refractivity contribution in [1.82, 2.24) is 14.5 Å². The van der Waals surface area contributed by atoms with Crippen LogP contribution in [0.3, 0.4) is 0 Å². The number of nitrogens with zero attached hydrogens (tertiary/aromatic N) is 3. The maximum Gasteiger partial charge on any atom is 0.213 e. The van der Waals surface area contributed by atoms with E-state index >= 15 is 0 Å². The molecule has 3 heterocycles. The lowest BCUT2D eigenvalue weighted by atomic mass is 9.93. The van der Waals surface area contributed by atoms with Crippen molar-refractivity contribution in [3.63, 3.8) is 0 Å². The van der Waals surface area contributed by atoms with Crippen LogP contribution in [0.1, 0.15) is 22.0 Å². The van der Waals surface area contributed by atoms with E-state index in [4.69, 9.17) is 16.6 Å². The van der Waals surface area contributed by atoms with Crippen LogP contribution in [-0.4, -0.2) is 27.4 Å². The second-order valence-corrected chi connectivity index (χ2v) is 9.72. The molecule has 5 nitrogen and oxygen atoms in total. The van der Waals surface area contributed by atoms with E-state index in [1.165, 1.54) is 10.4 Å². The number of benzene rings is 3. The minimum Gasteiger partial charge on any atom is -0.334 e. The first-order valence-corrected chi connectivity index (χ1v) is 12.3. The molecule has 6 rings (SSSR count). The zero-order chi connectivity index (χ0) is 23.1. The van der Waals surface area contributed by atoms with Gasteiger partial charge in [-0.15, -0.1) is 11.3 Å². The van der Waals surface area contributed by atoms with Crippen LogP contribution < -0.4 is 5.32 Å². The number of fused-ring (bicyclic) bond motifs is 2. The van der Waals surface area contributed by atoms with Crippen molar-refractivity contribution in [2.24, 2.45) is 0 Å². The van der Waals surface area contributed by atoms with Crippen molar-refractivity contribution in [2.75, 3.05) is 11.9 Å². The third kappa shape index (κ3) is 3.65. The number of amides is 1. The highest BCUT2D eigenvalue weighted by Gasteiger charge is 2.29. The van der Waals surface area contributed by atoms with E-state index in [1.807, 2.05) is 47.4 Å². The molecule has 7 heteroatoms. The van der Waals surface area contributed by atoms with E-state index in [2.05, 4.69) is 51.7 Å². The molecule has 0 spiro atoms. The summed E-state index contributed by atoms with van der Waals surface area (Å²) in [7, 11) is 0. The van der Waals surface area contributed by atoms with Crippen LogP contribution in [0.25, 0.3) is 16.7 Å². The third-order valence-electron chi connectivity index (χ3n) is 6.23. The largest absolute Gasteiger partial charge is 0.334 e. The van der Waals surface area contributed by atoms with Gasteiger partial charge in [0.25, 0.3) is 0 Å². The lowest BCUT2D eigenvalue weighted by Crippen LogP contribution is -2.34. The highest BCUT2D eigenvalue weighted by atomic mass is 35.5. The van der Waals surface area contributed by atoms with Gasteiger partial charge >= 0.3 is 0 Å². The molecule has 0 saturated heterocycles. The van der Waals surface area contributed by atoms with Crippen molar-refractivity contribution < 1.29 is 4.79 Å². The summed E-state index contributed by atoms with van der Waals surface area (Å²) < 4.78 is 2.11. The fourth-order valence-electron chi connectivity index (χ4n) is 4.71. The Kier molecular flexibility index (Phi) is 5.32. The summed E-state index contributed by atoms with van der Waals surface area (Å²) in [5.41, 5.74) is 5.99. The van der Waals surface area contributed by atoms with Gasteiger partial charge in [-0.3, -0.25) is 9.36 Å². The second kappa shape index (κ2) is 8.63. The molecule has 5 aromatic rings. The SMILES string of the molecule is O=CN1CCc2sccc2C1c1ccc2c(c1)nc(Nc1cccc(Cl)c1)n2-c1ccccc1. The predicted octanol–water partition coefficient (Wildman–Crippen LogP) is 6.59. The number of hydrogen-bond acceptors (Lipinski definition) is 4. The number of nitrogens with one attached hydrogen (secondary N) is 1. The summed E-state index contributed by atoms with van der Waals surface area (Å²) in [5.74, 6) is 0.702. The molecule has 2 aromatic heterocycles. The summed E-state index contributed by atoms with van der Waals surface area (Å²) in [6.45, 7) is 0.722. The molecule has 1 amide bonds. The maximum atomic E-state index is 11.9. The normalized spacial score (nSPS) is 15.3. The van der Waals surface area contributed by atoms with Crippen LogP contribution in [0.15, 0.2) is 84.2 Å². The Morgan fingerprint density at radius 1 is 1.03 bits per heavy atom. The Balaban J connectivity index is 1.50. The standard InChI is InChI=1S/C27H21ClN4OS/c28-19-5-4-6-20(16-19)29-27-30-23-15-18(9-10-24(23)32(27)21-7-2-1-3-8-21)26-22-12-14-34-25(22)11-13-31(26)17-33/h1-10,12,14-17,26H,11,13H2,(H,29,30). The van der Waals surface area contributed by atoms with Crippen molar-refractivity contribution in [3.8, 4) is 5.69 Å². The van der Waals surface area contributed by atoms with Gasteiger partial charge in [-0.05, 0) is 71.5 Å². The number of imidazole rings is 1. The summed E-state index contributed by atoms with van der Waals surface area (Å²) in [4.78, 5) is 20.1. The number of halogens is 1. The van der Waals surface area contributed by atoms with Crippen LogP contribution in [0, 0.1) is 0 Å². The minimum absolute atomic E-state index is 0.0943. The molecule has 0 aliphatic carbocycles. The first kappa shape index (κ1) is 21.0. The maximum absolute atomic E-state index is 11.9. The Hall–Kier alpha value is -3.61. The molecule has 0 saturated carbocycles. The third-order valence-corrected chi connectivity index (χ3v) is 7.46. The molecular weight excluding hydrogens is 464 g/mol. The number of anilines is 2. The summed E-state index contributed by atoms with van der Waals surface area (Å²) in [6, 6.07) is 26.1. The summed E-state index contributed by atoms with van der Waals surface area (Å²) in [5, 5.41) is 6.21. The molecule has 3 aromatic carbocycles. The number of hydrogen-bond donors (Lipinski definition) is 1. The fraction of sp³-hybridized carbons (Fsp3) is 0.111. The van der Waals surface area contributed by atoms with E-state index < -0.39 is 0 Å². The molecule has 1 N–H and O–H groups in total. The Morgan fingerprint density at radius 2 is 1.91 bits per heavy atom. The topological polar surface area (TPSA) is 50.2 Å². The van der Waals surface area contributed by atoms with Crippen LogP contribution in [0.5, 0.6) is 0 Å². The van der Waals surface area contributed by atoms with Gasteiger partial charge in [-0.1, -0.05) is 41.9 Å². The van der Waals surface area contributed by atoms with Gasteiger partial charge in [-0.2, -0.15) is 0 Å². The molecule has 0 fully saturated rings. The van der Waals surface area contributed by atoms with Crippen molar-refractivity contribution >= 4 is 52.0 Å². The van der Waals surface area contributed by atoms with Gasteiger partial charge in [0, 0.05) is 27.8 Å². The molecule has 34 heavy (non-hydrogen) atoms. The number of para-hydroxylation sites is 1. The molecule has 1 aliphatic heterocycles. The van der Waals surface area contributed by atoms with Gasteiger partial charge in [0.2, 0.25) is 12.4 Å². The van der Waals surface area contributed by atoms with E-state index in [9.17, 15) is 4.79 Å². The van der Waals surface area contributed by atoms with E-state index in [1.54, 1.807) is 11.3 Å². The van der Waals surface area contributed by atoms with Crippen LogP contribution in [0.2, 0.25) is 5.02 Å². The van der Waals surface area contributed by atoms with Crippen molar-refractivity contribution in [2.45, 2.75) is 12.5 Å². The van der Waals surface area contributed by atoms with Crippen LogP contribution in [-0.2, 0) is 11.2 Å². The molecule has 1 unspecified atom stereocenters. The van der Waals surface area contributed by atoms with Gasteiger partial charge in [0.05, 0.1) is 17.1 Å². The van der Waals surface area contributed by atoms with Gasteiger partial charge in [0.15, 0.2) is 0 Å². The van der Waals surface area contributed by atoms with Gasteiger partial charge in [0.1, 0.15) is 0 Å². The molecule has 168 valence electrons. The number of carbonyl (C=O) groups excluding carboxylic acids is 1. The lowest BCUT2D eigenvalue weighted by molar-refractivity contribution is -0.119. The average Bonchev–Trinajstić information content (AvgIpc) is 3.47. The van der Waals surface area contributed by atoms with Crippen molar-refractivity contribution in [3.05, 3.63) is 105 Å². The van der Waals surface area contributed by atoms with E-state index in [0.29, 0.717) is 11.0 Å². The highest BCUT2D eigenvalue weighted by molar-refractivity contribution is 7.10. The monoisotopic (exact) mass is 484 g/mol. The zero-order valence-corrected chi connectivity index (χ0v) is 19.8. The number of aromatic nitrogens is 2. The lowest BCUT2D eigenvalue weighted by Gasteiger charge is -2.33. The predicted molar refractivity (Wildman–Crippen MR) is 138 cm³/mol. The van der Waals surface area contributed by atoms with E-state index in [0.717, 1.165) is 47.3 Å². The molecular formula is C27H21ClN4OS. The van der Waals surface area contributed by atoms with Crippen molar-refractivity contribution in [1.29, 1.82) is 0 Å². The molecule has 0 bridgehead atoms. The Bertz CT molecular complexity index is 1490.